The molecule has 0 saturated carbocycles. The van der Waals surface area contributed by atoms with Gasteiger partial charge in [0.15, 0.2) is 0 Å². The minimum absolute atomic E-state index is 0. The average molecular weight is 348 g/mol. The molecule has 1 aromatic rings. The molecule has 0 bridgehead atoms. The number of anilines is 1. The van der Waals surface area contributed by atoms with E-state index in [1.54, 1.807) is 31.3 Å². The second-order valence-electron chi connectivity index (χ2n) is 5.49. The molecule has 0 aliphatic carbocycles. The predicted molar refractivity (Wildman–Crippen MR) is 92.4 cm³/mol. The number of amides is 2. The maximum atomic E-state index is 12.0. The van der Waals surface area contributed by atoms with Gasteiger partial charge < -0.3 is 16.0 Å². The summed E-state index contributed by atoms with van der Waals surface area (Å²) in [4.78, 5) is 25.3. The Bertz CT molecular complexity index is 509. The molecule has 0 unspecified atom stereocenters. The number of hydrogen-bond acceptors (Lipinski definition) is 3. The highest BCUT2D eigenvalue weighted by Crippen LogP contribution is 2.14. The van der Waals surface area contributed by atoms with Gasteiger partial charge in [-0.25, -0.2) is 0 Å². The van der Waals surface area contributed by atoms with Gasteiger partial charge in [-0.1, -0.05) is 31.5 Å². The van der Waals surface area contributed by atoms with E-state index in [1.165, 1.54) is 4.90 Å². The molecule has 0 aliphatic heterocycles. The standard InChI is InChI=1S/C15H22ClN3O2.ClH/c1-10(2)7-13(17)15(21)19(3)9-14(20)18-12-6-4-5-11(16)8-12;/h4-6,8,10,13H,7,9,17H2,1-3H3,(H,18,20);1H/t13-;/m0./s1. The van der Waals surface area contributed by atoms with E-state index in [2.05, 4.69) is 5.32 Å². The van der Waals surface area contributed by atoms with Gasteiger partial charge in [0.25, 0.3) is 0 Å². The van der Waals surface area contributed by atoms with Crippen LogP contribution in [0.2, 0.25) is 5.02 Å². The lowest BCUT2D eigenvalue weighted by Gasteiger charge is -2.21. The summed E-state index contributed by atoms with van der Waals surface area (Å²) in [6.45, 7) is 3.95. The van der Waals surface area contributed by atoms with Crippen LogP contribution in [0.5, 0.6) is 0 Å². The summed E-state index contributed by atoms with van der Waals surface area (Å²) >= 11 is 5.84. The number of benzene rings is 1. The molecule has 3 N–H and O–H groups in total. The van der Waals surface area contributed by atoms with Gasteiger partial charge in [-0.05, 0) is 30.5 Å². The van der Waals surface area contributed by atoms with Crippen molar-refractivity contribution in [2.45, 2.75) is 26.3 Å². The van der Waals surface area contributed by atoms with Gasteiger partial charge >= 0.3 is 0 Å². The fraction of sp³-hybridized carbons (Fsp3) is 0.467. The molecule has 0 saturated heterocycles. The van der Waals surface area contributed by atoms with E-state index >= 15 is 0 Å². The van der Waals surface area contributed by atoms with Crippen LogP contribution in [0.3, 0.4) is 0 Å². The van der Waals surface area contributed by atoms with Crippen LogP contribution in [0.4, 0.5) is 5.69 Å². The van der Waals surface area contributed by atoms with Crippen LogP contribution in [0.1, 0.15) is 20.3 Å². The van der Waals surface area contributed by atoms with Gasteiger partial charge in [-0.15, -0.1) is 12.4 Å². The van der Waals surface area contributed by atoms with E-state index in [0.29, 0.717) is 23.0 Å². The van der Waals surface area contributed by atoms with Gasteiger partial charge in [0.05, 0.1) is 12.6 Å². The molecule has 5 nitrogen and oxygen atoms in total. The molecular formula is C15H23Cl2N3O2. The minimum atomic E-state index is -0.575. The van der Waals surface area contributed by atoms with Crippen LogP contribution in [-0.2, 0) is 9.59 Å². The fourth-order valence-corrected chi connectivity index (χ4v) is 2.14. The Kier molecular flexibility index (Phi) is 9.09. The van der Waals surface area contributed by atoms with E-state index in [1.807, 2.05) is 13.8 Å². The van der Waals surface area contributed by atoms with Crippen LogP contribution in [0.15, 0.2) is 24.3 Å². The lowest BCUT2D eigenvalue weighted by atomic mass is 10.0. The Morgan fingerprint density at radius 1 is 1.36 bits per heavy atom. The second-order valence-corrected chi connectivity index (χ2v) is 5.93. The number of carbonyl (C=O) groups excluding carboxylic acids is 2. The van der Waals surface area contributed by atoms with Gasteiger partial charge in [0, 0.05) is 17.8 Å². The largest absolute Gasteiger partial charge is 0.335 e. The number of hydrogen-bond donors (Lipinski definition) is 2. The summed E-state index contributed by atoms with van der Waals surface area (Å²) in [6.07, 6.45) is 0.596. The molecule has 0 spiro atoms. The van der Waals surface area contributed by atoms with Crippen LogP contribution in [0, 0.1) is 5.92 Å². The fourth-order valence-electron chi connectivity index (χ4n) is 1.95. The van der Waals surface area contributed by atoms with Gasteiger partial charge in [0.1, 0.15) is 0 Å². The summed E-state index contributed by atoms with van der Waals surface area (Å²) in [5.74, 6) is -0.188. The van der Waals surface area contributed by atoms with Crippen molar-refractivity contribution in [3.05, 3.63) is 29.3 Å². The zero-order chi connectivity index (χ0) is 16.0. The molecule has 1 aromatic carbocycles. The number of nitrogens with zero attached hydrogens (tertiary/aromatic N) is 1. The highest BCUT2D eigenvalue weighted by molar-refractivity contribution is 6.30. The number of rotatable bonds is 6. The van der Waals surface area contributed by atoms with E-state index < -0.39 is 6.04 Å². The number of likely N-dealkylation sites (N-methyl/N-ethyl adjacent to an activating group) is 1. The van der Waals surface area contributed by atoms with Crippen LogP contribution in [-0.4, -0.2) is 36.3 Å². The number of nitrogens with one attached hydrogen (secondary N) is 1. The third kappa shape index (κ3) is 7.11. The number of nitrogens with two attached hydrogens (primary N) is 1. The summed E-state index contributed by atoms with van der Waals surface area (Å²) < 4.78 is 0. The molecule has 0 radical (unpaired) electrons. The monoisotopic (exact) mass is 347 g/mol. The van der Waals surface area contributed by atoms with Crippen molar-refractivity contribution in [3.8, 4) is 0 Å². The molecule has 0 aliphatic rings. The first kappa shape index (κ1) is 20.7. The first-order chi connectivity index (χ1) is 9.79. The van der Waals surface area contributed by atoms with Crippen LogP contribution >= 0.6 is 24.0 Å². The molecule has 7 heteroatoms. The average Bonchev–Trinajstić information content (AvgIpc) is 2.36. The Morgan fingerprint density at radius 3 is 2.55 bits per heavy atom. The van der Waals surface area contributed by atoms with E-state index in [-0.39, 0.29) is 30.8 Å². The number of halogens is 2. The second kappa shape index (κ2) is 9.66. The Balaban J connectivity index is 0.00000441. The van der Waals surface area contributed by atoms with Gasteiger partial charge in [-0.3, -0.25) is 9.59 Å². The van der Waals surface area contributed by atoms with Crippen molar-refractivity contribution < 1.29 is 9.59 Å². The lowest BCUT2D eigenvalue weighted by molar-refractivity contribution is -0.134. The summed E-state index contributed by atoms with van der Waals surface area (Å²) in [6, 6.07) is 6.26. The first-order valence-electron chi connectivity index (χ1n) is 6.85. The minimum Gasteiger partial charge on any atom is -0.335 e. The van der Waals surface area contributed by atoms with E-state index in [9.17, 15) is 9.59 Å². The van der Waals surface area contributed by atoms with Crippen molar-refractivity contribution >= 4 is 41.5 Å². The van der Waals surface area contributed by atoms with E-state index in [0.717, 1.165) is 0 Å². The SMILES string of the molecule is CC(C)C[C@H](N)C(=O)N(C)CC(=O)Nc1cccc(Cl)c1.Cl. The van der Waals surface area contributed by atoms with Crippen molar-refractivity contribution in [2.75, 3.05) is 18.9 Å². The van der Waals surface area contributed by atoms with Crippen molar-refractivity contribution in [1.82, 2.24) is 4.90 Å². The third-order valence-corrected chi connectivity index (χ3v) is 3.14. The Hall–Kier alpha value is -1.30. The molecule has 0 fully saturated rings. The summed E-state index contributed by atoms with van der Waals surface area (Å²) in [5.41, 5.74) is 6.42. The topological polar surface area (TPSA) is 75.4 Å². The maximum Gasteiger partial charge on any atom is 0.243 e. The van der Waals surface area contributed by atoms with Crippen molar-refractivity contribution in [1.29, 1.82) is 0 Å². The van der Waals surface area contributed by atoms with Crippen LogP contribution in [0.25, 0.3) is 0 Å². The molecule has 2 amide bonds. The Morgan fingerprint density at radius 2 is 2.00 bits per heavy atom. The van der Waals surface area contributed by atoms with Crippen molar-refractivity contribution in [2.24, 2.45) is 11.7 Å². The molecule has 0 aromatic heterocycles. The predicted octanol–water partition coefficient (Wildman–Crippen LogP) is 2.53. The molecule has 124 valence electrons. The van der Waals surface area contributed by atoms with Gasteiger partial charge in [0.2, 0.25) is 11.8 Å². The lowest BCUT2D eigenvalue weighted by Crippen LogP contribution is -2.45. The summed E-state index contributed by atoms with van der Waals surface area (Å²) in [7, 11) is 1.57. The summed E-state index contributed by atoms with van der Waals surface area (Å²) in [5, 5.41) is 3.23. The molecule has 22 heavy (non-hydrogen) atoms. The molecular weight excluding hydrogens is 325 g/mol. The van der Waals surface area contributed by atoms with Crippen molar-refractivity contribution in [3.63, 3.8) is 0 Å². The highest BCUT2D eigenvalue weighted by Gasteiger charge is 2.20. The molecule has 0 heterocycles. The zero-order valence-electron chi connectivity index (χ0n) is 13.0. The first-order valence-corrected chi connectivity index (χ1v) is 7.23. The normalized spacial score (nSPS) is 11.5. The van der Waals surface area contributed by atoms with Crippen LogP contribution < -0.4 is 11.1 Å². The quantitative estimate of drug-likeness (QED) is 0.830. The Labute approximate surface area is 142 Å². The third-order valence-electron chi connectivity index (χ3n) is 2.91. The van der Waals surface area contributed by atoms with Gasteiger partial charge in [-0.2, -0.15) is 0 Å². The number of carbonyl (C=O) groups is 2. The van der Waals surface area contributed by atoms with E-state index in [4.69, 9.17) is 17.3 Å². The zero-order valence-corrected chi connectivity index (χ0v) is 14.6. The smallest absolute Gasteiger partial charge is 0.243 e. The maximum absolute atomic E-state index is 12.0. The molecule has 1 rings (SSSR count). The highest BCUT2D eigenvalue weighted by atomic mass is 35.5. The molecule has 1 atom stereocenters.